The lowest BCUT2D eigenvalue weighted by molar-refractivity contribution is -0.136. The number of hydrogen-bond donors (Lipinski definition) is 2. The molecule has 2 aliphatic heterocycles. The van der Waals surface area contributed by atoms with Crippen LogP contribution in [0.2, 0.25) is 0 Å². The van der Waals surface area contributed by atoms with Crippen LogP contribution in [-0.2, 0) is 21.5 Å². The minimum atomic E-state index is -0.902. The summed E-state index contributed by atoms with van der Waals surface area (Å²) in [5.41, 5.74) is 9.17. The number of benzene rings is 2. The van der Waals surface area contributed by atoms with Crippen LogP contribution in [-0.4, -0.2) is 28.7 Å². The fourth-order valence-electron chi connectivity index (χ4n) is 3.90. The second-order valence-electron chi connectivity index (χ2n) is 7.05. The van der Waals surface area contributed by atoms with Gasteiger partial charge in [-0.2, -0.15) is 0 Å². The molecule has 1 aromatic heterocycles. The highest BCUT2D eigenvalue weighted by Crippen LogP contribution is 2.51. The number of aromatic nitrogens is 1. The van der Waals surface area contributed by atoms with Crippen molar-refractivity contribution in [3.63, 3.8) is 0 Å². The second kappa shape index (κ2) is 6.34. The van der Waals surface area contributed by atoms with E-state index < -0.39 is 11.5 Å². The van der Waals surface area contributed by atoms with E-state index in [1.807, 2.05) is 36.4 Å². The molecule has 0 bridgehead atoms. The summed E-state index contributed by atoms with van der Waals surface area (Å²) in [6.45, 7) is 0.217. The highest BCUT2D eigenvalue weighted by Gasteiger charge is 2.47. The van der Waals surface area contributed by atoms with E-state index in [2.05, 4.69) is 9.98 Å². The molecular formula is C22H17N3O4. The normalized spacial score (nSPS) is 19.0. The van der Waals surface area contributed by atoms with Crippen molar-refractivity contribution in [1.29, 1.82) is 0 Å². The Bertz CT molecular complexity index is 1160. The third kappa shape index (κ3) is 2.79. The molecule has 1 spiro atoms. The zero-order valence-corrected chi connectivity index (χ0v) is 15.3. The number of ether oxygens (including phenoxy) is 2. The summed E-state index contributed by atoms with van der Waals surface area (Å²) in [5.74, 6) is 0.377. The average Bonchev–Trinajstić information content (AvgIpc) is 3.11. The van der Waals surface area contributed by atoms with Crippen molar-refractivity contribution in [2.45, 2.75) is 12.0 Å². The standard InChI is InChI=1S/C22H17N3O4/c23-21-25-22(12-28-21)16-8-13(9-20(26)27)3-5-18(16)29-19-6-4-14(10-17(19)22)15-2-1-7-24-11-15/h1-8,10-11H,9,12H2,(H2,23,25)(H,26,27)/t22-/m1/s1. The molecular weight excluding hydrogens is 370 g/mol. The van der Waals surface area contributed by atoms with Crippen molar-refractivity contribution in [3.05, 3.63) is 77.6 Å². The fraction of sp³-hybridized carbons (Fsp3) is 0.136. The van der Waals surface area contributed by atoms with Gasteiger partial charge in [-0.15, -0.1) is 0 Å². The number of hydrogen-bond acceptors (Lipinski definition) is 6. The van der Waals surface area contributed by atoms with Crippen molar-refractivity contribution in [1.82, 2.24) is 4.98 Å². The topological polar surface area (TPSA) is 107 Å². The first-order valence-corrected chi connectivity index (χ1v) is 9.11. The zero-order chi connectivity index (χ0) is 20.0. The molecule has 0 amide bonds. The van der Waals surface area contributed by atoms with E-state index in [1.165, 1.54) is 0 Å². The van der Waals surface area contributed by atoms with E-state index in [0.717, 1.165) is 22.3 Å². The minimum Gasteiger partial charge on any atom is -0.481 e. The number of aliphatic carboxylic acids is 1. The Labute approximate surface area is 166 Å². The molecule has 144 valence electrons. The number of rotatable bonds is 3. The minimum absolute atomic E-state index is 0.0913. The molecule has 0 unspecified atom stereocenters. The number of nitrogens with two attached hydrogens (primary N) is 1. The van der Waals surface area contributed by atoms with Crippen molar-refractivity contribution >= 4 is 12.0 Å². The second-order valence-corrected chi connectivity index (χ2v) is 7.05. The summed E-state index contributed by atoms with van der Waals surface area (Å²) in [4.78, 5) is 20.0. The number of fused-ring (bicyclic) bond motifs is 4. The van der Waals surface area contributed by atoms with E-state index in [-0.39, 0.29) is 19.0 Å². The van der Waals surface area contributed by atoms with Gasteiger partial charge in [-0.05, 0) is 41.5 Å². The molecule has 0 saturated heterocycles. The van der Waals surface area contributed by atoms with Crippen LogP contribution in [0.15, 0.2) is 65.9 Å². The Balaban J connectivity index is 1.71. The first-order valence-electron chi connectivity index (χ1n) is 9.11. The van der Waals surface area contributed by atoms with Crippen molar-refractivity contribution in [2.75, 3.05) is 6.61 Å². The van der Waals surface area contributed by atoms with E-state index in [4.69, 9.17) is 15.2 Å². The molecule has 0 fully saturated rings. The number of carbonyl (C=O) groups is 1. The summed E-state index contributed by atoms with van der Waals surface area (Å²) in [7, 11) is 0. The first kappa shape index (κ1) is 17.2. The van der Waals surface area contributed by atoms with Crippen LogP contribution in [0.4, 0.5) is 0 Å². The number of carboxylic acids is 1. The summed E-state index contributed by atoms with van der Waals surface area (Å²) < 4.78 is 11.7. The van der Waals surface area contributed by atoms with Crippen LogP contribution in [0.3, 0.4) is 0 Å². The average molecular weight is 387 g/mol. The van der Waals surface area contributed by atoms with Crippen LogP contribution >= 0.6 is 0 Å². The number of pyridine rings is 1. The first-order chi connectivity index (χ1) is 14.0. The highest BCUT2D eigenvalue weighted by atomic mass is 16.5. The van der Waals surface area contributed by atoms with Gasteiger partial charge in [-0.3, -0.25) is 9.78 Å². The molecule has 0 aliphatic carbocycles. The maximum atomic E-state index is 11.2. The lowest BCUT2D eigenvalue weighted by atomic mass is 9.79. The molecule has 5 rings (SSSR count). The van der Waals surface area contributed by atoms with Gasteiger partial charge in [0.2, 0.25) is 0 Å². The molecule has 7 nitrogen and oxygen atoms in total. The van der Waals surface area contributed by atoms with Crippen LogP contribution in [0.25, 0.3) is 11.1 Å². The number of amidine groups is 1. The SMILES string of the molecule is NC1=N[C@]2(CO1)c1cc(CC(=O)O)ccc1Oc1ccc(-c3cccnc3)cc12. The molecule has 2 aliphatic rings. The third-order valence-electron chi connectivity index (χ3n) is 5.21. The maximum absolute atomic E-state index is 11.2. The fourth-order valence-corrected chi connectivity index (χ4v) is 3.90. The van der Waals surface area contributed by atoms with E-state index in [0.29, 0.717) is 17.1 Å². The summed E-state index contributed by atoms with van der Waals surface area (Å²) in [5, 5.41) is 9.18. The molecule has 3 heterocycles. The highest BCUT2D eigenvalue weighted by molar-refractivity contribution is 5.78. The molecule has 29 heavy (non-hydrogen) atoms. The largest absolute Gasteiger partial charge is 0.481 e. The van der Waals surface area contributed by atoms with Gasteiger partial charge in [0, 0.05) is 29.1 Å². The Morgan fingerprint density at radius 2 is 1.90 bits per heavy atom. The lowest BCUT2D eigenvalue weighted by Gasteiger charge is -2.34. The van der Waals surface area contributed by atoms with Crippen LogP contribution in [0, 0.1) is 0 Å². The lowest BCUT2D eigenvalue weighted by Crippen LogP contribution is -2.31. The summed E-state index contributed by atoms with van der Waals surface area (Å²) >= 11 is 0. The smallest absolute Gasteiger partial charge is 0.307 e. The quantitative estimate of drug-likeness (QED) is 0.715. The van der Waals surface area contributed by atoms with Gasteiger partial charge >= 0.3 is 5.97 Å². The Kier molecular flexibility index (Phi) is 3.77. The molecule has 0 saturated carbocycles. The third-order valence-corrected chi connectivity index (χ3v) is 5.21. The molecule has 7 heteroatoms. The predicted octanol–water partition coefficient (Wildman–Crippen LogP) is 3.07. The van der Waals surface area contributed by atoms with E-state index in [1.54, 1.807) is 24.5 Å². The van der Waals surface area contributed by atoms with Crippen LogP contribution in [0.1, 0.15) is 16.7 Å². The van der Waals surface area contributed by atoms with Gasteiger partial charge < -0.3 is 20.3 Å². The molecule has 1 atom stereocenters. The van der Waals surface area contributed by atoms with Gasteiger partial charge in [-0.25, -0.2) is 4.99 Å². The van der Waals surface area contributed by atoms with Gasteiger partial charge in [0.25, 0.3) is 6.02 Å². The van der Waals surface area contributed by atoms with Crippen LogP contribution < -0.4 is 10.5 Å². The van der Waals surface area contributed by atoms with Gasteiger partial charge in [-0.1, -0.05) is 18.2 Å². The molecule has 2 aromatic carbocycles. The number of carboxylic acid groups (broad SMARTS) is 1. The molecule has 0 radical (unpaired) electrons. The Morgan fingerprint density at radius 1 is 1.10 bits per heavy atom. The van der Waals surface area contributed by atoms with Gasteiger partial charge in [0.05, 0.1) is 6.42 Å². The summed E-state index contributed by atoms with van der Waals surface area (Å²) in [6, 6.07) is 15.2. The molecule has 3 aromatic rings. The number of aliphatic imine (C=N–C) groups is 1. The maximum Gasteiger partial charge on any atom is 0.307 e. The Hall–Kier alpha value is -3.87. The van der Waals surface area contributed by atoms with Gasteiger partial charge in [0.1, 0.15) is 18.1 Å². The van der Waals surface area contributed by atoms with Gasteiger partial charge in [0.15, 0.2) is 5.54 Å². The zero-order valence-electron chi connectivity index (χ0n) is 15.3. The van der Waals surface area contributed by atoms with Crippen LogP contribution in [0.5, 0.6) is 11.5 Å². The summed E-state index contributed by atoms with van der Waals surface area (Å²) in [6.07, 6.45) is 3.42. The molecule has 3 N–H and O–H groups in total. The van der Waals surface area contributed by atoms with Crippen molar-refractivity contribution < 1.29 is 19.4 Å². The van der Waals surface area contributed by atoms with Crippen molar-refractivity contribution in [2.24, 2.45) is 10.7 Å². The van der Waals surface area contributed by atoms with Crippen molar-refractivity contribution in [3.8, 4) is 22.6 Å². The van der Waals surface area contributed by atoms with E-state index in [9.17, 15) is 9.90 Å². The number of nitrogens with zero attached hydrogens (tertiary/aromatic N) is 2. The monoisotopic (exact) mass is 387 g/mol. The Morgan fingerprint density at radius 3 is 2.59 bits per heavy atom. The van der Waals surface area contributed by atoms with E-state index >= 15 is 0 Å². The predicted molar refractivity (Wildman–Crippen MR) is 106 cm³/mol.